The number of halogens is 1. The Bertz CT molecular complexity index is 733. The van der Waals surface area contributed by atoms with Crippen molar-refractivity contribution in [3.05, 3.63) is 35.5 Å². The third kappa shape index (κ3) is 5.33. The fourth-order valence-corrected chi connectivity index (χ4v) is 2.95. The molecule has 1 aromatic heterocycles. The number of aromatic nitrogens is 1. The molecule has 2 atom stereocenters. The Morgan fingerprint density at radius 3 is 2.60 bits per heavy atom. The summed E-state index contributed by atoms with van der Waals surface area (Å²) >= 11 is 1.25. The van der Waals surface area contributed by atoms with Crippen molar-refractivity contribution in [3.8, 4) is 11.3 Å². The van der Waals surface area contributed by atoms with Gasteiger partial charge in [-0.2, -0.15) is 0 Å². The molecule has 0 aliphatic carbocycles. The number of rotatable bonds is 8. The standard InChI is InChI=1S/C17H20FN3O3S/c1-3-10(2)15(16(23)24)19-8-14(22)21-17-20-13(9-25-17)11-4-6-12(18)7-5-11/h4-7,9-10,15,19H,3,8H2,1-2H3,(H,23,24)(H,20,21,22)/t10-,15-/m0/s1. The number of nitrogens with zero attached hydrogens (tertiary/aromatic N) is 1. The molecular weight excluding hydrogens is 345 g/mol. The normalized spacial score (nSPS) is 13.2. The number of amides is 1. The zero-order valence-corrected chi connectivity index (χ0v) is 14.8. The Balaban J connectivity index is 1.93. The quantitative estimate of drug-likeness (QED) is 0.669. The molecule has 0 radical (unpaired) electrons. The Labute approximate surface area is 149 Å². The first kappa shape index (κ1) is 19.0. The number of carbonyl (C=O) groups excluding carboxylic acids is 1. The number of carbonyl (C=O) groups is 2. The lowest BCUT2D eigenvalue weighted by atomic mass is 9.99. The smallest absolute Gasteiger partial charge is 0.320 e. The molecular formula is C17H20FN3O3S. The van der Waals surface area contributed by atoms with Gasteiger partial charge in [0.05, 0.1) is 12.2 Å². The van der Waals surface area contributed by atoms with Crippen LogP contribution in [0.25, 0.3) is 11.3 Å². The maximum absolute atomic E-state index is 12.9. The molecule has 25 heavy (non-hydrogen) atoms. The van der Waals surface area contributed by atoms with Crippen molar-refractivity contribution < 1.29 is 19.1 Å². The molecule has 0 saturated heterocycles. The summed E-state index contributed by atoms with van der Waals surface area (Å²) in [4.78, 5) is 27.5. The number of hydrogen-bond acceptors (Lipinski definition) is 5. The van der Waals surface area contributed by atoms with Crippen LogP contribution in [-0.4, -0.2) is 34.6 Å². The van der Waals surface area contributed by atoms with E-state index in [0.29, 0.717) is 17.2 Å². The van der Waals surface area contributed by atoms with Gasteiger partial charge in [-0.1, -0.05) is 20.3 Å². The lowest BCUT2D eigenvalue weighted by molar-refractivity contribution is -0.140. The van der Waals surface area contributed by atoms with Gasteiger partial charge in [0.2, 0.25) is 5.91 Å². The molecule has 134 valence electrons. The highest BCUT2D eigenvalue weighted by atomic mass is 32.1. The van der Waals surface area contributed by atoms with Gasteiger partial charge < -0.3 is 10.4 Å². The number of thiazole rings is 1. The van der Waals surface area contributed by atoms with Crippen LogP contribution in [0.3, 0.4) is 0 Å². The Hall–Kier alpha value is -2.32. The Kier molecular flexibility index (Phi) is 6.60. The van der Waals surface area contributed by atoms with Crippen LogP contribution in [0.2, 0.25) is 0 Å². The predicted molar refractivity (Wildman–Crippen MR) is 95.0 cm³/mol. The Morgan fingerprint density at radius 2 is 2.00 bits per heavy atom. The fraction of sp³-hybridized carbons (Fsp3) is 0.353. The van der Waals surface area contributed by atoms with Crippen molar-refractivity contribution in [2.24, 2.45) is 5.92 Å². The highest BCUT2D eigenvalue weighted by Gasteiger charge is 2.23. The van der Waals surface area contributed by atoms with E-state index < -0.39 is 12.0 Å². The second-order valence-corrected chi connectivity index (χ2v) is 6.53. The van der Waals surface area contributed by atoms with Gasteiger partial charge in [0.15, 0.2) is 5.13 Å². The van der Waals surface area contributed by atoms with E-state index in [0.717, 1.165) is 5.56 Å². The van der Waals surface area contributed by atoms with Gasteiger partial charge in [-0.3, -0.25) is 14.9 Å². The van der Waals surface area contributed by atoms with Crippen molar-refractivity contribution in [2.75, 3.05) is 11.9 Å². The van der Waals surface area contributed by atoms with E-state index in [9.17, 15) is 19.1 Å². The van der Waals surface area contributed by atoms with Crippen LogP contribution in [-0.2, 0) is 9.59 Å². The highest BCUT2D eigenvalue weighted by Crippen LogP contribution is 2.24. The average Bonchev–Trinajstić information content (AvgIpc) is 3.03. The number of nitrogens with one attached hydrogen (secondary N) is 2. The van der Waals surface area contributed by atoms with Crippen LogP contribution in [0.1, 0.15) is 20.3 Å². The minimum absolute atomic E-state index is 0.0877. The topological polar surface area (TPSA) is 91.3 Å². The van der Waals surface area contributed by atoms with E-state index in [-0.39, 0.29) is 24.2 Å². The van der Waals surface area contributed by atoms with E-state index in [1.165, 1.54) is 23.5 Å². The van der Waals surface area contributed by atoms with Crippen molar-refractivity contribution >= 4 is 28.3 Å². The molecule has 0 unspecified atom stereocenters. The minimum Gasteiger partial charge on any atom is -0.480 e. The molecule has 0 bridgehead atoms. The summed E-state index contributed by atoms with van der Waals surface area (Å²) in [5.74, 6) is -1.76. The van der Waals surface area contributed by atoms with Crippen LogP contribution < -0.4 is 10.6 Å². The molecule has 1 amide bonds. The minimum atomic E-state index is -0.977. The molecule has 0 saturated carbocycles. The maximum atomic E-state index is 12.9. The first-order chi connectivity index (χ1) is 11.9. The predicted octanol–water partition coefficient (Wildman–Crippen LogP) is 2.98. The van der Waals surface area contributed by atoms with Crippen molar-refractivity contribution in [1.29, 1.82) is 0 Å². The SMILES string of the molecule is CC[C@H](C)[C@H](NCC(=O)Nc1nc(-c2ccc(F)cc2)cs1)C(=O)O. The second-order valence-electron chi connectivity index (χ2n) is 5.68. The van der Waals surface area contributed by atoms with Crippen molar-refractivity contribution in [1.82, 2.24) is 10.3 Å². The van der Waals surface area contributed by atoms with Gasteiger partial charge in [-0.05, 0) is 30.2 Å². The van der Waals surface area contributed by atoms with Gasteiger partial charge in [-0.15, -0.1) is 11.3 Å². The third-order valence-electron chi connectivity index (χ3n) is 3.85. The first-order valence-electron chi connectivity index (χ1n) is 7.88. The van der Waals surface area contributed by atoms with Crippen LogP contribution in [0, 0.1) is 11.7 Å². The second kappa shape index (κ2) is 8.68. The molecule has 0 aliphatic rings. The van der Waals surface area contributed by atoms with Gasteiger partial charge in [0.1, 0.15) is 11.9 Å². The fourth-order valence-electron chi connectivity index (χ4n) is 2.22. The number of benzene rings is 1. The summed E-state index contributed by atoms with van der Waals surface area (Å²) < 4.78 is 12.9. The number of anilines is 1. The number of hydrogen-bond donors (Lipinski definition) is 3. The molecule has 3 N–H and O–H groups in total. The van der Waals surface area contributed by atoms with Crippen LogP contribution in [0.5, 0.6) is 0 Å². The van der Waals surface area contributed by atoms with E-state index in [1.807, 2.05) is 13.8 Å². The van der Waals surface area contributed by atoms with Gasteiger partial charge in [-0.25, -0.2) is 9.37 Å². The van der Waals surface area contributed by atoms with Crippen LogP contribution >= 0.6 is 11.3 Å². The average molecular weight is 365 g/mol. The summed E-state index contributed by atoms with van der Waals surface area (Å²) in [6.07, 6.45) is 0.694. The molecule has 6 nitrogen and oxygen atoms in total. The number of aliphatic carboxylic acids is 1. The van der Waals surface area contributed by atoms with Crippen molar-refractivity contribution in [2.45, 2.75) is 26.3 Å². The summed E-state index contributed by atoms with van der Waals surface area (Å²) in [7, 11) is 0. The molecule has 2 rings (SSSR count). The molecule has 2 aromatic rings. The van der Waals surface area contributed by atoms with Gasteiger partial charge >= 0.3 is 5.97 Å². The molecule has 0 spiro atoms. The van der Waals surface area contributed by atoms with E-state index in [2.05, 4.69) is 15.6 Å². The largest absolute Gasteiger partial charge is 0.480 e. The summed E-state index contributed by atoms with van der Waals surface area (Å²) in [5, 5.41) is 16.8. The monoisotopic (exact) mass is 365 g/mol. The van der Waals surface area contributed by atoms with Crippen molar-refractivity contribution in [3.63, 3.8) is 0 Å². The van der Waals surface area contributed by atoms with Gasteiger partial charge in [0.25, 0.3) is 0 Å². The maximum Gasteiger partial charge on any atom is 0.320 e. The van der Waals surface area contributed by atoms with Gasteiger partial charge in [0, 0.05) is 10.9 Å². The van der Waals surface area contributed by atoms with E-state index in [1.54, 1.807) is 17.5 Å². The molecule has 8 heteroatoms. The highest BCUT2D eigenvalue weighted by molar-refractivity contribution is 7.14. The number of carboxylic acids is 1. The van der Waals surface area contributed by atoms with Crippen LogP contribution in [0.15, 0.2) is 29.6 Å². The third-order valence-corrected chi connectivity index (χ3v) is 4.61. The van der Waals surface area contributed by atoms with E-state index >= 15 is 0 Å². The van der Waals surface area contributed by atoms with E-state index in [4.69, 9.17) is 0 Å². The molecule has 0 fully saturated rings. The molecule has 1 heterocycles. The number of carboxylic acid groups (broad SMARTS) is 1. The zero-order valence-electron chi connectivity index (χ0n) is 14.0. The molecule has 0 aliphatic heterocycles. The van der Waals surface area contributed by atoms with Crippen LogP contribution in [0.4, 0.5) is 9.52 Å². The summed E-state index contributed by atoms with van der Waals surface area (Å²) in [6.45, 7) is 3.60. The lowest BCUT2D eigenvalue weighted by Crippen LogP contribution is -2.45. The zero-order chi connectivity index (χ0) is 18.4. The summed E-state index contributed by atoms with van der Waals surface area (Å²) in [6, 6.07) is 5.14. The lowest BCUT2D eigenvalue weighted by Gasteiger charge is -2.19. The Morgan fingerprint density at radius 1 is 1.32 bits per heavy atom. The first-order valence-corrected chi connectivity index (χ1v) is 8.76. The summed E-state index contributed by atoms with van der Waals surface area (Å²) in [5.41, 5.74) is 1.38. The molecule has 1 aromatic carbocycles.